The molecule has 4 rings (SSSR count). The summed E-state index contributed by atoms with van der Waals surface area (Å²) in [6.45, 7) is 6.75. The number of tetrazole rings is 1. The molecule has 1 N–H and O–H groups in total. The van der Waals surface area contributed by atoms with Crippen LogP contribution < -0.4 is 14.8 Å². The minimum absolute atomic E-state index is 0.504. The number of nitrogens with zero attached hydrogens (tertiary/aromatic N) is 4. The molecule has 0 aliphatic carbocycles. The zero-order valence-electron chi connectivity index (χ0n) is 20.2. The summed E-state index contributed by atoms with van der Waals surface area (Å²) < 4.78 is 13.8. The molecule has 0 radical (unpaired) electrons. The van der Waals surface area contributed by atoms with Gasteiger partial charge < -0.3 is 14.8 Å². The number of benzene rings is 3. The number of para-hydroxylation sites is 2. The monoisotopic (exact) mass is 489 g/mol. The molecular weight excluding hydrogens is 458 g/mol. The number of ether oxygens (including phenoxy) is 2. The van der Waals surface area contributed by atoms with Crippen LogP contribution in [-0.2, 0) is 13.2 Å². The fraction of sp³-hybridized carbons (Fsp3) is 0.296. The SMILES string of the molecule is CCOc1cccc(CNCCCSc2nnnn2-c2ccccc2)c1OCc1ccc(C)cc1. The number of hydrogen-bond acceptors (Lipinski definition) is 7. The molecule has 0 spiro atoms. The van der Waals surface area contributed by atoms with Gasteiger partial charge in [0.1, 0.15) is 6.61 Å². The quantitative estimate of drug-likeness (QED) is 0.204. The highest BCUT2D eigenvalue weighted by Gasteiger charge is 2.12. The lowest BCUT2D eigenvalue weighted by molar-refractivity contribution is 0.266. The van der Waals surface area contributed by atoms with Gasteiger partial charge in [0.15, 0.2) is 11.5 Å². The second-order valence-corrected chi connectivity index (χ2v) is 9.10. The van der Waals surface area contributed by atoms with E-state index >= 15 is 0 Å². The van der Waals surface area contributed by atoms with Crippen LogP contribution in [-0.4, -0.2) is 39.1 Å². The summed E-state index contributed by atoms with van der Waals surface area (Å²) in [7, 11) is 0. The van der Waals surface area contributed by atoms with Crippen molar-refractivity contribution in [2.24, 2.45) is 0 Å². The fourth-order valence-corrected chi connectivity index (χ4v) is 4.39. The van der Waals surface area contributed by atoms with Gasteiger partial charge in [-0.3, -0.25) is 0 Å². The van der Waals surface area contributed by atoms with E-state index in [1.54, 1.807) is 16.4 Å². The average molecular weight is 490 g/mol. The molecule has 0 saturated heterocycles. The normalized spacial score (nSPS) is 10.9. The lowest BCUT2D eigenvalue weighted by Gasteiger charge is -2.16. The maximum atomic E-state index is 6.24. The fourth-order valence-electron chi connectivity index (χ4n) is 3.56. The molecule has 7 nitrogen and oxygen atoms in total. The van der Waals surface area contributed by atoms with Gasteiger partial charge in [-0.1, -0.05) is 71.9 Å². The summed E-state index contributed by atoms with van der Waals surface area (Å²) in [6, 6.07) is 24.4. The van der Waals surface area contributed by atoms with E-state index in [9.17, 15) is 0 Å². The zero-order chi connectivity index (χ0) is 24.3. The van der Waals surface area contributed by atoms with Crippen molar-refractivity contribution in [1.82, 2.24) is 25.5 Å². The molecule has 0 bridgehead atoms. The van der Waals surface area contributed by atoms with Crippen molar-refractivity contribution in [3.05, 3.63) is 89.5 Å². The molecule has 0 unspecified atom stereocenters. The molecule has 0 amide bonds. The molecule has 4 aromatic rings. The summed E-state index contributed by atoms with van der Waals surface area (Å²) in [5, 5.41) is 16.4. The Balaban J connectivity index is 1.28. The van der Waals surface area contributed by atoms with Crippen LogP contribution in [0.25, 0.3) is 5.69 Å². The highest BCUT2D eigenvalue weighted by atomic mass is 32.2. The van der Waals surface area contributed by atoms with Crippen molar-refractivity contribution in [2.45, 2.75) is 38.6 Å². The Hall–Kier alpha value is -3.36. The summed E-state index contributed by atoms with van der Waals surface area (Å²) in [5.41, 5.74) is 4.42. The highest BCUT2D eigenvalue weighted by Crippen LogP contribution is 2.32. The number of aromatic nitrogens is 4. The van der Waals surface area contributed by atoms with Gasteiger partial charge in [-0.05, 0) is 61.0 Å². The molecule has 0 aliphatic rings. The van der Waals surface area contributed by atoms with Crippen LogP contribution in [0.1, 0.15) is 30.0 Å². The Bertz CT molecular complexity index is 1180. The molecule has 3 aromatic carbocycles. The summed E-state index contributed by atoms with van der Waals surface area (Å²) in [5.74, 6) is 2.50. The molecule has 0 fully saturated rings. The Morgan fingerprint density at radius 3 is 2.57 bits per heavy atom. The predicted octanol–water partition coefficient (Wildman–Crippen LogP) is 5.22. The van der Waals surface area contributed by atoms with Gasteiger partial charge in [-0.15, -0.1) is 5.10 Å². The lowest BCUT2D eigenvalue weighted by Crippen LogP contribution is -2.16. The first-order valence-corrected chi connectivity index (χ1v) is 12.8. The Morgan fingerprint density at radius 1 is 0.943 bits per heavy atom. The second-order valence-electron chi connectivity index (χ2n) is 8.04. The van der Waals surface area contributed by atoms with Crippen LogP contribution >= 0.6 is 11.8 Å². The van der Waals surface area contributed by atoms with E-state index in [4.69, 9.17) is 9.47 Å². The van der Waals surface area contributed by atoms with E-state index in [1.165, 1.54) is 5.56 Å². The Morgan fingerprint density at radius 2 is 1.77 bits per heavy atom. The summed E-state index contributed by atoms with van der Waals surface area (Å²) in [6.07, 6.45) is 0.983. The van der Waals surface area contributed by atoms with E-state index < -0.39 is 0 Å². The van der Waals surface area contributed by atoms with Crippen LogP contribution in [0.4, 0.5) is 0 Å². The lowest BCUT2D eigenvalue weighted by atomic mass is 10.1. The van der Waals surface area contributed by atoms with Crippen molar-refractivity contribution in [2.75, 3.05) is 18.9 Å². The minimum Gasteiger partial charge on any atom is -0.490 e. The Kier molecular flexibility index (Phi) is 9.14. The van der Waals surface area contributed by atoms with E-state index in [1.807, 2.05) is 49.4 Å². The summed E-state index contributed by atoms with van der Waals surface area (Å²) >= 11 is 1.66. The largest absolute Gasteiger partial charge is 0.490 e. The van der Waals surface area contributed by atoms with Crippen LogP contribution in [0.3, 0.4) is 0 Å². The van der Waals surface area contributed by atoms with Crippen LogP contribution in [0.2, 0.25) is 0 Å². The molecular formula is C27H31N5O2S. The standard InChI is InChI=1S/C27H31N5O2S/c1-3-33-25-12-7-9-23(26(25)34-20-22-15-13-21(2)14-16-22)19-28-17-8-18-35-27-29-30-31-32(27)24-10-5-4-6-11-24/h4-7,9-16,28H,3,8,17-20H2,1-2H3. The van der Waals surface area contributed by atoms with Gasteiger partial charge >= 0.3 is 0 Å². The molecule has 182 valence electrons. The van der Waals surface area contributed by atoms with E-state index in [0.29, 0.717) is 19.8 Å². The highest BCUT2D eigenvalue weighted by molar-refractivity contribution is 7.99. The molecule has 1 aromatic heterocycles. The van der Waals surface area contributed by atoms with Gasteiger partial charge in [0.2, 0.25) is 5.16 Å². The smallest absolute Gasteiger partial charge is 0.214 e. The molecule has 8 heteroatoms. The zero-order valence-corrected chi connectivity index (χ0v) is 21.0. The third-order valence-electron chi connectivity index (χ3n) is 5.35. The van der Waals surface area contributed by atoms with E-state index in [0.717, 1.165) is 52.2 Å². The second kappa shape index (κ2) is 12.9. The van der Waals surface area contributed by atoms with Crippen molar-refractivity contribution in [3.63, 3.8) is 0 Å². The van der Waals surface area contributed by atoms with E-state index in [2.05, 4.69) is 58.1 Å². The summed E-state index contributed by atoms with van der Waals surface area (Å²) in [4.78, 5) is 0. The number of nitrogens with one attached hydrogen (secondary N) is 1. The van der Waals surface area contributed by atoms with Crippen LogP contribution in [0.5, 0.6) is 11.5 Å². The van der Waals surface area contributed by atoms with Gasteiger partial charge in [0.25, 0.3) is 0 Å². The van der Waals surface area contributed by atoms with Crippen molar-refractivity contribution in [1.29, 1.82) is 0 Å². The van der Waals surface area contributed by atoms with E-state index in [-0.39, 0.29) is 0 Å². The van der Waals surface area contributed by atoms with Gasteiger partial charge in [0.05, 0.1) is 12.3 Å². The molecule has 0 aliphatic heterocycles. The number of thioether (sulfide) groups is 1. The van der Waals surface area contributed by atoms with Crippen molar-refractivity contribution < 1.29 is 9.47 Å². The number of aryl methyl sites for hydroxylation is 1. The first kappa shape index (κ1) is 24.8. The minimum atomic E-state index is 0.504. The van der Waals surface area contributed by atoms with Gasteiger partial charge in [-0.25, -0.2) is 0 Å². The van der Waals surface area contributed by atoms with Crippen molar-refractivity contribution in [3.8, 4) is 17.2 Å². The van der Waals surface area contributed by atoms with Crippen LogP contribution in [0.15, 0.2) is 78.0 Å². The first-order chi connectivity index (χ1) is 17.2. The van der Waals surface area contributed by atoms with Gasteiger partial charge in [-0.2, -0.15) is 4.68 Å². The molecule has 0 atom stereocenters. The average Bonchev–Trinajstić information content (AvgIpc) is 3.36. The molecule has 1 heterocycles. The maximum absolute atomic E-state index is 6.24. The first-order valence-electron chi connectivity index (χ1n) is 11.8. The Labute approximate surface area is 210 Å². The maximum Gasteiger partial charge on any atom is 0.214 e. The molecule has 35 heavy (non-hydrogen) atoms. The number of rotatable bonds is 13. The van der Waals surface area contributed by atoms with Crippen molar-refractivity contribution >= 4 is 11.8 Å². The van der Waals surface area contributed by atoms with Crippen LogP contribution in [0, 0.1) is 6.92 Å². The topological polar surface area (TPSA) is 74.1 Å². The third-order valence-corrected chi connectivity index (χ3v) is 6.36. The third kappa shape index (κ3) is 7.07. The number of hydrogen-bond donors (Lipinski definition) is 1. The predicted molar refractivity (Wildman–Crippen MR) is 139 cm³/mol. The van der Waals surface area contributed by atoms with Gasteiger partial charge in [0, 0.05) is 17.9 Å². The molecule has 0 saturated carbocycles.